The molecule has 0 saturated heterocycles. The highest BCUT2D eigenvalue weighted by atomic mass is 16.1. The Morgan fingerprint density at radius 3 is 2.73 bits per heavy atom. The number of hydrogen-bond donors (Lipinski definition) is 2. The molecule has 0 aliphatic heterocycles. The van der Waals surface area contributed by atoms with Crippen molar-refractivity contribution >= 4 is 5.91 Å². The van der Waals surface area contributed by atoms with E-state index >= 15 is 0 Å². The van der Waals surface area contributed by atoms with Crippen molar-refractivity contribution in [1.29, 1.82) is 0 Å². The van der Waals surface area contributed by atoms with Crippen LogP contribution >= 0.6 is 0 Å². The zero-order chi connectivity index (χ0) is 11.1. The molecule has 15 heavy (non-hydrogen) atoms. The van der Waals surface area contributed by atoms with Crippen molar-refractivity contribution in [2.24, 2.45) is 11.7 Å². The highest BCUT2D eigenvalue weighted by Crippen LogP contribution is 2.23. The van der Waals surface area contributed by atoms with E-state index in [0.717, 1.165) is 32.2 Å². The predicted molar refractivity (Wildman–Crippen MR) is 62.5 cm³/mol. The van der Waals surface area contributed by atoms with Gasteiger partial charge in [-0.3, -0.25) is 4.79 Å². The molecule has 1 aliphatic carbocycles. The number of amides is 1. The molecule has 0 bridgehead atoms. The molecule has 1 aliphatic rings. The maximum absolute atomic E-state index is 11.7. The third kappa shape index (κ3) is 4.20. The zero-order valence-corrected chi connectivity index (χ0v) is 9.80. The highest BCUT2D eigenvalue weighted by molar-refractivity contribution is 5.79. The Kier molecular flexibility index (Phi) is 5.69. The molecule has 0 radical (unpaired) electrons. The molecule has 0 aromatic rings. The van der Waals surface area contributed by atoms with E-state index in [-0.39, 0.29) is 17.9 Å². The van der Waals surface area contributed by atoms with Crippen molar-refractivity contribution in [2.75, 3.05) is 6.54 Å². The predicted octanol–water partition coefficient (Wildman–Crippen LogP) is 1.81. The third-order valence-corrected chi connectivity index (χ3v) is 3.24. The number of nitrogens with one attached hydrogen (secondary N) is 1. The number of hydrogen-bond acceptors (Lipinski definition) is 2. The molecule has 1 saturated carbocycles. The zero-order valence-electron chi connectivity index (χ0n) is 9.80. The monoisotopic (exact) mass is 212 g/mol. The molecule has 1 amide bonds. The fourth-order valence-electron chi connectivity index (χ4n) is 2.21. The summed E-state index contributed by atoms with van der Waals surface area (Å²) >= 11 is 0. The number of carbonyl (C=O) groups excluding carboxylic acids is 1. The summed E-state index contributed by atoms with van der Waals surface area (Å²) in [5, 5.41) is 2.99. The molecule has 1 fully saturated rings. The maximum atomic E-state index is 11.7. The van der Waals surface area contributed by atoms with E-state index in [2.05, 4.69) is 12.2 Å². The molecule has 2 atom stereocenters. The standard InChI is InChI=1S/C12H24N2O/c1-2-3-4-5-9-14-12(15)10-7-6-8-11(10)13/h10-11H,2-9,13H2,1H3,(H,14,15). The summed E-state index contributed by atoms with van der Waals surface area (Å²) in [6.45, 7) is 3.01. The van der Waals surface area contributed by atoms with Crippen molar-refractivity contribution < 1.29 is 4.79 Å². The molecule has 3 nitrogen and oxygen atoms in total. The van der Waals surface area contributed by atoms with Crippen LogP contribution in [-0.4, -0.2) is 18.5 Å². The first-order valence-electron chi connectivity index (χ1n) is 6.29. The Bertz CT molecular complexity index is 194. The van der Waals surface area contributed by atoms with E-state index in [9.17, 15) is 4.79 Å². The Morgan fingerprint density at radius 2 is 2.13 bits per heavy atom. The lowest BCUT2D eigenvalue weighted by atomic mass is 10.0. The van der Waals surface area contributed by atoms with Crippen molar-refractivity contribution in [1.82, 2.24) is 5.32 Å². The van der Waals surface area contributed by atoms with Gasteiger partial charge in [0.1, 0.15) is 0 Å². The van der Waals surface area contributed by atoms with Gasteiger partial charge in [-0.15, -0.1) is 0 Å². The lowest BCUT2D eigenvalue weighted by Gasteiger charge is -2.14. The molecule has 88 valence electrons. The van der Waals surface area contributed by atoms with Crippen LogP contribution in [0, 0.1) is 5.92 Å². The first kappa shape index (κ1) is 12.5. The van der Waals surface area contributed by atoms with Crippen LogP contribution in [0.2, 0.25) is 0 Å². The molecule has 0 spiro atoms. The second kappa shape index (κ2) is 6.83. The summed E-state index contributed by atoms with van der Waals surface area (Å²) in [5.41, 5.74) is 5.87. The van der Waals surface area contributed by atoms with E-state index in [1.54, 1.807) is 0 Å². The van der Waals surface area contributed by atoms with E-state index in [1.165, 1.54) is 19.3 Å². The van der Waals surface area contributed by atoms with Crippen molar-refractivity contribution in [3.63, 3.8) is 0 Å². The number of rotatable bonds is 6. The Labute approximate surface area is 92.8 Å². The van der Waals surface area contributed by atoms with Crippen molar-refractivity contribution in [2.45, 2.75) is 57.9 Å². The van der Waals surface area contributed by atoms with Gasteiger partial charge >= 0.3 is 0 Å². The van der Waals surface area contributed by atoms with Gasteiger partial charge in [0.2, 0.25) is 5.91 Å². The lowest BCUT2D eigenvalue weighted by molar-refractivity contribution is -0.125. The molecule has 0 heterocycles. The summed E-state index contributed by atoms with van der Waals surface area (Å²) in [6.07, 6.45) is 7.90. The van der Waals surface area contributed by atoms with Crippen LogP contribution in [0.4, 0.5) is 0 Å². The van der Waals surface area contributed by atoms with Crippen molar-refractivity contribution in [3.05, 3.63) is 0 Å². The minimum atomic E-state index is 0.0798. The van der Waals surface area contributed by atoms with Crippen LogP contribution in [0.25, 0.3) is 0 Å². The smallest absolute Gasteiger partial charge is 0.224 e. The summed E-state index contributed by atoms with van der Waals surface area (Å²) in [5.74, 6) is 0.257. The minimum absolute atomic E-state index is 0.0798. The maximum Gasteiger partial charge on any atom is 0.224 e. The summed E-state index contributed by atoms with van der Waals surface area (Å²) in [4.78, 5) is 11.7. The van der Waals surface area contributed by atoms with Crippen LogP contribution in [0.15, 0.2) is 0 Å². The number of nitrogens with two attached hydrogens (primary N) is 1. The molecular weight excluding hydrogens is 188 g/mol. The molecule has 0 aromatic carbocycles. The van der Waals surface area contributed by atoms with Gasteiger partial charge in [0.15, 0.2) is 0 Å². The Morgan fingerprint density at radius 1 is 1.33 bits per heavy atom. The minimum Gasteiger partial charge on any atom is -0.356 e. The van der Waals surface area contributed by atoms with Crippen molar-refractivity contribution in [3.8, 4) is 0 Å². The average molecular weight is 212 g/mol. The van der Waals surface area contributed by atoms with Gasteiger partial charge in [0.25, 0.3) is 0 Å². The Balaban J connectivity index is 2.08. The molecule has 0 aromatic heterocycles. The average Bonchev–Trinajstić information content (AvgIpc) is 2.64. The fraction of sp³-hybridized carbons (Fsp3) is 0.917. The number of unbranched alkanes of at least 4 members (excludes halogenated alkanes) is 3. The van der Waals surface area contributed by atoms with Crippen LogP contribution < -0.4 is 11.1 Å². The van der Waals surface area contributed by atoms with Gasteiger partial charge in [0, 0.05) is 12.6 Å². The quantitative estimate of drug-likeness (QED) is 0.660. The molecule has 3 heteroatoms. The number of carbonyl (C=O) groups is 1. The molecule has 3 N–H and O–H groups in total. The highest BCUT2D eigenvalue weighted by Gasteiger charge is 2.29. The molecular formula is C12H24N2O. The molecule has 2 unspecified atom stereocenters. The topological polar surface area (TPSA) is 55.1 Å². The SMILES string of the molecule is CCCCCCNC(=O)C1CCCC1N. The van der Waals surface area contributed by atoms with Gasteiger partial charge in [0.05, 0.1) is 5.92 Å². The largest absolute Gasteiger partial charge is 0.356 e. The summed E-state index contributed by atoms with van der Waals surface area (Å²) in [7, 11) is 0. The van der Waals surface area contributed by atoms with E-state index < -0.39 is 0 Å². The first-order chi connectivity index (χ1) is 7.25. The summed E-state index contributed by atoms with van der Waals surface area (Å²) < 4.78 is 0. The second-order valence-electron chi connectivity index (χ2n) is 4.55. The van der Waals surface area contributed by atoms with Gasteiger partial charge in [-0.25, -0.2) is 0 Å². The van der Waals surface area contributed by atoms with Gasteiger partial charge in [-0.05, 0) is 19.3 Å². The van der Waals surface area contributed by atoms with Crippen LogP contribution in [0.3, 0.4) is 0 Å². The normalized spacial score (nSPS) is 25.5. The van der Waals surface area contributed by atoms with Crippen LogP contribution in [-0.2, 0) is 4.79 Å². The summed E-state index contributed by atoms with van der Waals surface area (Å²) in [6, 6.07) is 0.0978. The second-order valence-corrected chi connectivity index (χ2v) is 4.55. The van der Waals surface area contributed by atoms with E-state index in [4.69, 9.17) is 5.73 Å². The molecule has 1 rings (SSSR count). The Hall–Kier alpha value is -0.570. The van der Waals surface area contributed by atoms with Gasteiger partial charge in [-0.1, -0.05) is 32.6 Å². The van der Waals surface area contributed by atoms with E-state index in [1.807, 2.05) is 0 Å². The first-order valence-corrected chi connectivity index (χ1v) is 6.29. The lowest BCUT2D eigenvalue weighted by Crippen LogP contribution is -2.38. The van der Waals surface area contributed by atoms with Crippen LogP contribution in [0.1, 0.15) is 51.9 Å². The fourth-order valence-corrected chi connectivity index (χ4v) is 2.21. The third-order valence-electron chi connectivity index (χ3n) is 3.24. The van der Waals surface area contributed by atoms with Gasteiger partial charge in [-0.2, -0.15) is 0 Å². The van der Waals surface area contributed by atoms with E-state index in [0.29, 0.717) is 0 Å². The van der Waals surface area contributed by atoms with Gasteiger partial charge < -0.3 is 11.1 Å². The van der Waals surface area contributed by atoms with Crippen LogP contribution in [0.5, 0.6) is 0 Å².